The van der Waals surface area contributed by atoms with Crippen molar-refractivity contribution in [3.8, 4) is 0 Å². The van der Waals surface area contributed by atoms with Crippen LogP contribution in [-0.2, 0) is 21.4 Å². The predicted molar refractivity (Wildman–Crippen MR) is 117 cm³/mol. The van der Waals surface area contributed by atoms with Crippen LogP contribution in [0.4, 0.5) is 0 Å². The number of H-pyrrole nitrogens is 1. The van der Waals surface area contributed by atoms with Crippen LogP contribution in [0.15, 0.2) is 54.9 Å². The topological polar surface area (TPSA) is 101 Å². The largest absolute Gasteiger partial charge is 0.369 e. The summed E-state index contributed by atoms with van der Waals surface area (Å²) in [6, 6.07) is 13.8. The van der Waals surface area contributed by atoms with Crippen LogP contribution in [0, 0.1) is 5.92 Å². The SMILES string of the molecule is NC(=O)C(Cc1c[nH]c2ccccc12)C(=O)NCC1(c2ccccn2)CCCCC1. The molecule has 1 aromatic carbocycles. The minimum atomic E-state index is -0.909. The number of hydrogen-bond acceptors (Lipinski definition) is 3. The first-order valence-corrected chi connectivity index (χ1v) is 10.6. The Morgan fingerprint density at radius 2 is 1.87 bits per heavy atom. The summed E-state index contributed by atoms with van der Waals surface area (Å²) in [5.41, 5.74) is 8.36. The molecule has 4 N–H and O–H groups in total. The molecule has 2 aromatic heterocycles. The van der Waals surface area contributed by atoms with Gasteiger partial charge in [0.05, 0.1) is 0 Å². The third kappa shape index (κ3) is 4.08. The van der Waals surface area contributed by atoms with Gasteiger partial charge in [0.15, 0.2) is 0 Å². The minimum Gasteiger partial charge on any atom is -0.369 e. The van der Waals surface area contributed by atoms with E-state index in [2.05, 4.69) is 15.3 Å². The number of hydrogen-bond donors (Lipinski definition) is 3. The first-order valence-electron chi connectivity index (χ1n) is 10.6. The number of aromatic nitrogens is 2. The van der Waals surface area contributed by atoms with Crippen molar-refractivity contribution in [3.63, 3.8) is 0 Å². The van der Waals surface area contributed by atoms with Crippen LogP contribution in [0.3, 0.4) is 0 Å². The van der Waals surface area contributed by atoms with Gasteiger partial charge in [0.25, 0.3) is 0 Å². The summed E-state index contributed by atoms with van der Waals surface area (Å²) in [6.07, 6.45) is 9.32. The third-order valence-corrected chi connectivity index (χ3v) is 6.38. The smallest absolute Gasteiger partial charge is 0.232 e. The molecule has 0 spiro atoms. The van der Waals surface area contributed by atoms with Gasteiger partial charge in [0, 0.05) is 41.0 Å². The molecule has 1 aliphatic rings. The second kappa shape index (κ2) is 8.69. The number of para-hydroxylation sites is 1. The van der Waals surface area contributed by atoms with Crippen LogP contribution < -0.4 is 11.1 Å². The Morgan fingerprint density at radius 1 is 1.10 bits per heavy atom. The van der Waals surface area contributed by atoms with Crippen LogP contribution in [0.5, 0.6) is 0 Å². The van der Waals surface area contributed by atoms with E-state index in [1.165, 1.54) is 6.42 Å². The highest BCUT2D eigenvalue weighted by atomic mass is 16.2. The highest BCUT2D eigenvalue weighted by Crippen LogP contribution is 2.38. The number of nitrogens with two attached hydrogens (primary N) is 1. The molecular formula is C24H28N4O2. The quantitative estimate of drug-likeness (QED) is 0.527. The maximum atomic E-state index is 13.0. The van der Waals surface area contributed by atoms with Crippen LogP contribution in [0.2, 0.25) is 0 Å². The monoisotopic (exact) mass is 404 g/mol. The molecule has 0 bridgehead atoms. The lowest BCUT2D eigenvalue weighted by molar-refractivity contribution is -0.133. The van der Waals surface area contributed by atoms with Gasteiger partial charge in [-0.1, -0.05) is 43.5 Å². The van der Waals surface area contributed by atoms with E-state index in [9.17, 15) is 9.59 Å². The second-order valence-electron chi connectivity index (χ2n) is 8.29. The molecular weight excluding hydrogens is 376 g/mol. The molecule has 3 aromatic rings. The van der Waals surface area contributed by atoms with E-state index in [0.29, 0.717) is 6.54 Å². The maximum Gasteiger partial charge on any atom is 0.232 e. The average molecular weight is 405 g/mol. The van der Waals surface area contributed by atoms with Gasteiger partial charge >= 0.3 is 0 Å². The van der Waals surface area contributed by atoms with E-state index >= 15 is 0 Å². The molecule has 2 amide bonds. The van der Waals surface area contributed by atoms with Crippen molar-refractivity contribution in [2.24, 2.45) is 11.7 Å². The fourth-order valence-corrected chi connectivity index (χ4v) is 4.65. The number of benzene rings is 1. The van der Waals surface area contributed by atoms with Crippen LogP contribution in [0.1, 0.15) is 43.4 Å². The van der Waals surface area contributed by atoms with Crippen molar-refractivity contribution in [2.75, 3.05) is 6.54 Å². The Labute approximate surface area is 176 Å². The van der Waals surface area contributed by atoms with Gasteiger partial charge in [-0.2, -0.15) is 0 Å². The fraction of sp³-hybridized carbons (Fsp3) is 0.375. The molecule has 1 aliphatic carbocycles. The van der Waals surface area contributed by atoms with E-state index in [1.807, 2.05) is 48.7 Å². The number of nitrogens with one attached hydrogen (secondary N) is 2. The number of fused-ring (bicyclic) bond motifs is 1. The van der Waals surface area contributed by atoms with E-state index < -0.39 is 11.8 Å². The molecule has 30 heavy (non-hydrogen) atoms. The van der Waals surface area contributed by atoms with E-state index in [0.717, 1.165) is 47.8 Å². The predicted octanol–water partition coefficient (Wildman–Crippen LogP) is 3.23. The number of nitrogens with zero attached hydrogens (tertiary/aromatic N) is 1. The molecule has 0 saturated heterocycles. The molecule has 0 radical (unpaired) electrons. The Morgan fingerprint density at radius 3 is 2.60 bits per heavy atom. The molecule has 0 aliphatic heterocycles. The molecule has 4 rings (SSSR count). The Balaban J connectivity index is 1.50. The Hall–Kier alpha value is -3.15. The summed E-state index contributed by atoms with van der Waals surface area (Å²) in [7, 11) is 0. The van der Waals surface area contributed by atoms with Crippen LogP contribution in [0.25, 0.3) is 10.9 Å². The zero-order valence-corrected chi connectivity index (χ0v) is 17.1. The van der Waals surface area contributed by atoms with E-state index in [-0.39, 0.29) is 17.7 Å². The van der Waals surface area contributed by atoms with Crippen LogP contribution >= 0.6 is 0 Å². The lowest BCUT2D eigenvalue weighted by atomic mass is 9.71. The van der Waals surface area contributed by atoms with Crippen molar-refractivity contribution >= 4 is 22.7 Å². The third-order valence-electron chi connectivity index (χ3n) is 6.38. The Kier molecular flexibility index (Phi) is 5.84. The number of primary amides is 1. The number of carbonyl (C=O) groups excluding carboxylic acids is 2. The van der Waals surface area contributed by atoms with Crippen molar-refractivity contribution in [1.29, 1.82) is 0 Å². The molecule has 1 unspecified atom stereocenters. The summed E-state index contributed by atoms with van der Waals surface area (Å²) in [6.45, 7) is 0.473. The van der Waals surface area contributed by atoms with Gasteiger partial charge in [0.1, 0.15) is 5.92 Å². The first kappa shape index (κ1) is 20.1. The van der Waals surface area contributed by atoms with Gasteiger partial charge in [0.2, 0.25) is 11.8 Å². The molecule has 1 atom stereocenters. The average Bonchev–Trinajstić information content (AvgIpc) is 3.20. The standard InChI is InChI=1S/C24H28N4O2/c25-22(29)19(14-17-15-27-20-9-3-2-8-18(17)20)23(30)28-16-24(11-5-1-6-12-24)21-10-4-7-13-26-21/h2-4,7-10,13,15,19,27H,1,5-6,11-12,14,16H2,(H2,25,29)(H,28,30). The zero-order valence-electron chi connectivity index (χ0n) is 17.1. The summed E-state index contributed by atoms with van der Waals surface area (Å²) >= 11 is 0. The normalized spacial score (nSPS) is 16.8. The van der Waals surface area contributed by atoms with Crippen molar-refractivity contribution in [1.82, 2.24) is 15.3 Å². The van der Waals surface area contributed by atoms with Gasteiger partial charge in [-0.15, -0.1) is 0 Å². The lowest BCUT2D eigenvalue weighted by Crippen LogP contribution is -2.47. The summed E-state index contributed by atoms with van der Waals surface area (Å²) in [4.78, 5) is 32.9. The molecule has 2 heterocycles. The highest BCUT2D eigenvalue weighted by molar-refractivity contribution is 6.00. The molecule has 156 valence electrons. The molecule has 1 fully saturated rings. The van der Waals surface area contributed by atoms with Crippen LogP contribution in [-0.4, -0.2) is 28.3 Å². The molecule has 6 nitrogen and oxygen atoms in total. The summed E-state index contributed by atoms with van der Waals surface area (Å²) in [5.74, 6) is -1.82. The summed E-state index contributed by atoms with van der Waals surface area (Å²) < 4.78 is 0. The van der Waals surface area contributed by atoms with Gasteiger partial charge < -0.3 is 16.0 Å². The van der Waals surface area contributed by atoms with Gasteiger partial charge in [-0.25, -0.2) is 0 Å². The van der Waals surface area contributed by atoms with Crippen molar-refractivity contribution in [2.45, 2.75) is 43.9 Å². The Bertz CT molecular complexity index is 1020. The maximum absolute atomic E-state index is 13.0. The van der Waals surface area contributed by atoms with E-state index in [4.69, 9.17) is 5.73 Å². The number of aromatic amines is 1. The summed E-state index contributed by atoms with van der Waals surface area (Å²) in [5, 5.41) is 4.05. The van der Waals surface area contributed by atoms with Crippen molar-refractivity contribution in [3.05, 3.63) is 66.1 Å². The molecule has 1 saturated carbocycles. The number of pyridine rings is 1. The van der Waals surface area contributed by atoms with Crippen molar-refractivity contribution < 1.29 is 9.59 Å². The van der Waals surface area contributed by atoms with E-state index in [1.54, 1.807) is 6.20 Å². The highest BCUT2D eigenvalue weighted by Gasteiger charge is 2.36. The minimum absolute atomic E-state index is 0.182. The van der Waals surface area contributed by atoms with Gasteiger partial charge in [-0.05, 0) is 43.0 Å². The number of rotatable bonds is 7. The number of carbonyl (C=O) groups is 2. The lowest BCUT2D eigenvalue weighted by Gasteiger charge is -2.37. The fourth-order valence-electron chi connectivity index (χ4n) is 4.65. The second-order valence-corrected chi connectivity index (χ2v) is 8.29. The number of amides is 2. The van der Waals surface area contributed by atoms with Gasteiger partial charge in [-0.3, -0.25) is 14.6 Å². The first-order chi connectivity index (χ1) is 14.6. The molecule has 6 heteroatoms. The zero-order chi connectivity index (χ0) is 21.0.